The van der Waals surface area contributed by atoms with Gasteiger partial charge in [-0.15, -0.1) is 0 Å². The van der Waals surface area contributed by atoms with E-state index in [1.54, 1.807) is 26.8 Å². The van der Waals surface area contributed by atoms with Gasteiger partial charge >= 0.3 is 12.2 Å². The van der Waals surface area contributed by atoms with Crippen LogP contribution < -0.4 is 5.32 Å². The topological polar surface area (TPSA) is 112 Å². The lowest BCUT2D eigenvalue weighted by Crippen LogP contribution is -2.27. The zero-order valence-corrected chi connectivity index (χ0v) is 13.7. The van der Waals surface area contributed by atoms with Gasteiger partial charge in [0.05, 0.1) is 6.10 Å². The Bertz CT molecular complexity index is 556. The Hall–Kier alpha value is -2.35. The lowest BCUT2D eigenvalue weighted by molar-refractivity contribution is 0.0635. The molecule has 0 fully saturated rings. The second-order valence-electron chi connectivity index (χ2n) is 6.11. The highest BCUT2D eigenvalue weighted by atomic mass is 16.6. The predicted molar refractivity (Wildman–Crippen MR) is 84.3 cm³/mol. The molecule has 8 heteroatoms. The molecule has 1 aromatic heterocycles. The fourth-order valence-electron chi connectivity index (χ4n) is 1.71. The van der Waals surface area contributed by atoms with Crippen LogP contribution in [-0.4, -0.2) is 51.5 Å². The molecule has 0 radical (unpaired) electrons. The smallest absolute Gasteiger partial charge is 0.413 e. The third-order valence-electron chi connectivity index (χ3n) is 2.86. The van der Waals surface area contributed by atoms with Crippen LogP contribution in [0.15, 0.2) is 18.3 Å². The van der Waals surface area contributed by atoms with Gasteiger partial charge in [0.1, 0.15) is 11.4 Å². The summed E-state index contributed by atoms with van der Waals surface area (Å²) >= 11 is 0. The normalized spacial score (nSPS) is 12.4. The molecule has 1 aromatic rings. The van der Waals surface area contributed by atoms with E-state index in [-0.39, 0.29) is 18.8 Å². The first-order valence-electron chi connectivity index (χ1n) is 7.16. The molecule has 0 aliphatic heterocycles. The molecule has 1 rings (SSSR count). The van der Waals surface area contributed by atoms with E-state index in [1.165, 1.54) is 19.3 Å². The summed E-state index contributed by atoms with van der Waals surface area (Å²) in [6.45, 7) is 5.44. The molecule has 1 atom stereocenters. The standard InChI is InChI=1S/C15H23N3O5/c1-15(2,3)23-13(20)17-12-9-10(5-7-16-12)11(19)6-8-18(4)14(21)22/h5,7,9,11,19H,6,8H2,1-4H3,(H,21,22)(H,16,17,20). The summed E-state index contributed by atoms with van der Waals surface area (Å²) in [6, 6.07) is 3.13. The van der Waals surface area contributed by atoms with Crippen molar-refractivity contribution >= 4 is 18.0 Å². The van der Waals surface area contributed by atoms with E-state index in [1.807, 2.05) is 0 Å². The second-order valence-corrected chi connectivity index (χ2v) is 6.11. The van der Waals surface area contributed by atoms with Crippen LogP contribution in [0.2, 0.25) is 0 Å². The zero-order valence-electron chi connectivity index (χ0n) is 13.7. The molecule has 1 unspecified atom stereocenters. The van der Waals surface area contributed by atoms with Crippen LogP contribution in [0.25, 0.3) is 0 Å². The molecule has 0 saturated carbocycles. The van der Waals surface area contributed by atoms with E-state index in [4.69, 9.17) is 9.84 Å². The molecule has 0 bridgehead atoms. The number of nitrogens with zero attached hydrogens (tertiary/aromatic N) is 2. The van der Waals surface area contributed by atoms with Gasteiger partial charge in [-0.3, -0.25) is 5.32 Å². The van der Waals surface area contributed by atoms with E-state index in [0.717, 1.165) is 4.90 Å². The maximum Gasteiger partial charge on any atom is 0.413 e. The number of hydrogen-bond donors (Lipinski definition) is 3. The molecule has 3 N–H and O–H groups in total. The number of anilines is 1. The van der Waals surface area contributed by atoms with Crippen molar-refractivity contribution in [1.29, 1.82) is 0 Å². The Kier molecular flexibility index (Phi) is 6.32. The molecular weight excluding hydrogens is 302 g/mol. The number of nitrogens with one attached hydrogen (secondary N) is 1. The number of carbonyl (C=O) groups excluding carboxylic acids is 1. The van der Waals surface area contributed by atoms with E-state index in [0.29, 0.717) is 5.56 Å². The van der Waals surface area contributed by atoms with Crippen LogP contribution in [0.4, 0.5) is 15.4 Å². The Morgan fingerprint density at radius 2 is 2.09 bits per heavy atom. The Labute approximate surface area is 135 Å². The van der Waals surface area contributed by atoms with Crippen molar-refractivity contribution in [1.82, 2.24) is 9.88 Å². The largest absolute Gasteiger partial charge is 0.465 e. The summed E-state index contributed by atoms with van der Waals surface area (Å²) in [6.07, 6.45) is -0.870. The summed E-state index contributed by atoms with van der Waals surface area (Å²) in [5, 5.41) is 21.4. The molecule has 23 heavy (non-hydrogen) atoms. The molecule has 8 nitrogen and oxygen atoms in total. The van der Waals surface area contributed by atoms with Crippen molar-refractivity contribution in [3.05, 3.63) is 23.9 Å². The van der Waals surface area contributed by atoms with Gasteiger partial charge in [0, 0.05) is 19.8 Å². The summed E-state index contributed by atoms with van der Waals surface area (Å²) in [7, 11) is 1.43. The number of rotatable bonds is 5. The van der Waals surface area contributed by atoms with Crippen LogP contribution in [0.5, 0.6) is 0 Å². The molecule has 0 aliphatic carbocycles. The molecule has 2 amide bonds. The Balaban J connectivity index is 2.65. The number of pyridine rings is 1. The Morgan fingerprint density at radius 3 is 2.65 bits per heavy atom. The maximum absolute atomic E-state index is 11.7. The lowest BCUT2D eigenvalue weighted by atomic mass is 10.1. The van der Waals surface area contributed by atoms with Gasteiger partial charge in [0.2, 0.25) is 0 Å². The molecule has 0 saturated heterocycles. The van der Waals surface area contributed by atoms with Gasteiger partial charge in [0.15, 0.2) is 0 Å². The third kappa shape index (κ3) is 6.96. The summed E-state index contributed by atoms with van der Waals surface area (Å²) < 4.78 is 5.12. The van der Waals surface area contributed by atoms with Crippen molar-refractivity contribution in [2.45, 2.75) is 38.9 Å². The minimum atomic E-state index is -1.06. The van der Waals surface area contributed by atoms with Crippen molar-refractivity contribution < 1.29 is 24.5 Å². The molecular formula is C15H23N3O5. The molecule has 0 aliphatic rings. The predicted octanol–water partition coefficient (Wildman–Crippen LogP) is 2.46. The number of aromatic nitrogens is 1. The van der Waals surface area contributed by atoms with E-state index in [2.05, 4.69) is 10.3 Å². The quantitative estimate of drug-likeness (QED) is 0.766. The number of aliphatic hydroxyl groups is 1. The summed E-state index contributed by atoms with van der Waals surface area (Å²) in [4.78, 5) is 27.5. The van der Waals surface area contributed by atoms with Gasteiger partial charge in [-0.2, -0.15) is 0 Å². The van der Waals surface area contributed by atoms with Gasteiger partial charge in [-0.25, -0.2) is 14.6 Å². The third-order valence-corrected chi connectivity index (χ3v) is 2.86. The highest BCUT2D eigenvalue weighted by Gasteiger charge is 2.17. The zero-order chi connectivity index (χ0) is 17.6. The van der Waals surface area contributed by atoms with E-state index < -0.39 is 23.9 Å². The monoisotopic (exact) mass is 325 g/mol. The number of amides is 2. The number of hydrogen-bond acceptors (Lipinski definition) is 5. The molecule has 128 valence electrons. The minimum absolute atomic E-state index is 0.188. The van der Waals surface area contributed by atoms with Crippen molar-refractivity contribution in [2.75, 3.05) is 18.9 Å². The van der Waals surface area contributed by atoms with Crippen LogP contribution in [0.1, 0.15) is 38.9 Å². The van der Waals surface area contributed by atoms with Crippen molar-refractivity contribution in [2.24, 2.45) is 0 Å². The van der Waals surface area contributed by atoms with Gasteiger partial charge in [-0.05, 0) is 44.9 Å². The van der Waals surface area contributed by atoms with Crippen molar-refractivity contribution in [3.63, 3.8) is 0 Å². The fourth-order valence-corrected chi connectivity index (χ4v) is 1.71. The van der Waals surface area contributed by atoms with Crippen molar-refractivity contribution in [3.8, 4) is 0 Å². The molecule has 1 heterocycles. The highest BCUT2D eigenvalue weighted by molar-refractivity contribution is 5.83. The molecule has 0 aromatic carbocycles. The summed E-state index contributed by atoms with van der Waals surface area (Å²) in [5.41, 5.74) is -0.0901. The first-order valence-corrected chi connectivity index (χ1v) is 7.16. The van der Waals surface area contributed by atoms with Gasteiger partial charge in [0.25, 0.3) is 0 Å². The van der Waals surface area contributed by atoms with Crippen LogP contribution in [0, 0.1) is 0 Å². The number of carboxylic acid groups (broad SMARTS) is 1. The van der Waals surface area contributed by atoms with Gasteiger partial charge < -0.3 is 19.8 Å². The Morgan fingerprint density at radius 1 is 1.43 bits per heavy atom. The average Bonchev–Trinajstić information content (AvgIpc) is 2.42. The summed E-state index contributed by atoms with van der Waals surface area (Å²) in [5.74, 6) is 0.252. The van der Waals surface area contributed by atoms with Crippen LogP contribution in [0.3, 0.4) is 0 Å². The van der Waals surface area contributed by atoms with Crippen LogP contribution in [-0.2, 0) is 4.74 Å². The average molecular weight is 325 g/mol. The van der Waals surface area contributed by atoms with Crippen LogP contribution >= 0.6 is 0 Å². The van der Waals surface area contributed by atoms with Gasteiger partial charge in [-0.1, -0.05) is 0 Å². The van der Waals surface area contributed by atoms with E-state index in [9.17, 15) is 14.7 Å². The first kappa shape index (κ1) is 18.7. The molecule has 0 spiro atoms. The number of carbonyl (C=O) groups is 2. The minimum Gasteiger partial charge on any atom is -0.465 e. The fraction of sp³-hybridized carbons (Fsp3) is 0.533. The maximum atomic E-state index is 11.7. The lowest BCUT2D eigenvalue weighted by Gasteiger charge is -2.20. The SMILES string of the molecule is CN(CCC(O)c1ccnc(NC(=O)OC(C)(C)C)c1)C(=O)O. The first-order chi connectivity index (χ1) is 10.6. The number of ether oxygens (including phenoxy) is 1. The van der Waals surface area contributed by atoms with E-state index >= 15 is 0 Å². The highest BCUT2D eigenvalue weighted by Crippen LogP contribution is 2.19. The second kappa shape index (κ2) is 7.77. The number of aliphatic hydroxyl groups excluding tert-OH is 1.